The van der Waals surface area contributed by atoms with Crippen LogP contribution in [0.15, 0.2) is 24.3 Å². The van der Waals surface area contributed by atoms with Gasteiger partial charge >= 0.3 is 6.18 Å². The molecule has 1 aromatic carbocycles. The Kier molecular flexibility index (Phi) is 4.84. The zero-order valence-corrected chi connectivity index (χ0v) is 11.6. The molecule has 4 nitrogen and oxygen atoms in total. The smallest absolute Gasteiger partial charge is 0.374 e. The first-order chi connectivity index (χ1) is 9.86. The molecule has 1 heterocycles. The summed E-state index contributed by atoms with van der Waals surface area (Å²) >= 11 is 0. The van der Waals surface area contributed by atoms with Gasteiger partial charge in [-0.2, -0.15) is 13.2 Å². The molecule has 0 bridgehead atoms. The summed E-state index contributed by atoms with van der Waals surface area (Å²) in [5, 5.41) is 2.68. The molecule has 0 spiro atoms. The van der Waals surface area contributed by atoms with Crippen LogP contribution >= 0.6 is 0 Å². The number of halogens is 3. The average Bonchev–Trinajstić information content (AvgIpc) is 2.44. The first-order valence-electron chi connectivity index (χ1n) is 6.62. The van der Waals surface area contributed by atoms with Crippen LogP contribution in [0.4, 0.5) is 13.2 Å². The Labute approximate surface area is 120 Å². The number of morpholine rings is 1. The number of nitrogens with one attached hydrogen (secondary N) is 1. The molecule has 1 aromatic rings. The molecule has 1 atom stereocenters. The van der Waals surface area contributed by atoms with E-state index in [0.717, 1.165) is 18.7 Å². The van der Waals surface area contributed by atoms with Crippen molar-refractivity contribution >= 4 is 5.91 Å². The molecule has 1 amide bonds. The fraction of sp³-hybridized carbons (Fsp3) is 0.500. The quantitative estimate of drug-likeness (QED) is 0.925. The normalized spacial score (nSPS) is 20.3. The van der Waals surface area contributed by atoms with E-state index in [9.17, 15) is 18.0 Å². The van der Waals surface area contributed by atoms with Crippen molar-refractivity contribution in [3.63, 3.8) is 0 Å². The van der Waals surface area contributed by atoms with Gasteiger partial charge in [-0.25, -0.2) is 0 Å². The molecular weight excluding hydrogens is 285 g/mol. The summed E-state index contributed by atoms with van der Waals surface area (Å²) in [6, 6.07) is 4.15. The number of rotatable bonds is 3. The molecule has 116 valence electrons. The molecule has 21 heavy (non-hydrogen) atoms. The fourth-order valence-electron chi connectivity index (χ4n) is 2.11. The van der Waals surface area contributed by atoms with Gasteiger partial charge in [-0.05, 0) is 31.3 Å². The van der Waals surface area contributed by atoms with Gasteiger partial charge in [-0.3, -0.25) is 4.79 Å². The Balaban J connectivity index is 1.88. The molecule has 1 N–H and O–H groups in total. The Morgan fingerprint density at radius 2 is 2.05 bits per heavy atom. The van der Waals surface area contributed by atoms with E-state index >= 15 is 0 Å². The minimum Gasteiger partial charge on any atom is -0.374 e. The number of ether oxygens (including phenoxy) is 1. The molecular formula is C14H17F3N2O2. The lowest BCUT2D eigenvalue weighted by molar-refractivity contribution is -0.137. The van der Waals surface area contributed by atoms with E-state index in [4.69, 9.17) is 4.74 Å². The molecule has 0 aliphatic carbocycles. The van der Waals surface area contributed by atoms with Crippen LogP contribution in [0.2, 0.25) is 0 Å². The largest absolute Gasteiger partial charge is 0.416 e. The number of alkyl halides is 3. The predicted molar refractivity (Wildman–Crippen MR) is 71.0 cm³/mol. The van der Waals surface area contributed by atoms with Crippen LogP contribution < -0.4 is 5.32 Å². The number of nitrogens with zero attached hydrogens (tertiary/aromatic N) is 1. The van der Waals surface area contributed by atoms with Crippen molar-refractivity contribution in [2.75, 3.05) is 33.3 Å². The average molecular weight is 302 g/mol. The van der Waals surface area contributed by atoms with Crippen LogP contribution in [-0.4, -0.2) is 50.2 Å². The van der Waals surface area contributed by atoms with Gasteiger partial charge in [0.15, 0.2) is 0 Å². The number of carbonyl (C=O) groups excluding carboxylic acids is 1. The zero-order chi connectivity index (χ0) is 15.5. The first kappa shape index (κ1) is 15.8. The SMILES string of the molecule is CN1CCOC(CNC(=O)c2ccc(C(F)(F)F)cc2)C1. The first-order valence-corrected chi connectivity index (χ1v) is 6.62. The van der Waals surface area contributed by atoms with E-state index in [1.54, 1.807) is 0 Å². The number of likely N-dealkylation sites (N-methyl/N-ethyl adjacent to an activating group) is 1. The highest BCUT2D eigenvalue weighted by Gasteiger charge is 2.30. The van der Waals surface area contributed by atoms with Crippen LogP contribution in [0, 0.1) is 0 Å². The van der Waals surface area contributed by atoms with Gasteiger partial charge in [0.1, 0.15) is 0 Å². The van der Waals surface area contributed by atoms with Crippen molar-refractivity contribution in [3.8, 4) is 0 Å². The van der Waals surface area contributed by atoms with Gasteiger partial charge < -0.3 is 15.0 Å². The Morgan fingerprint density at radius 1 is 1.38 bits per heavy atom. The van der Waals surface area contributed by atoms with Crippen molar-refractivity contribution < 1.29 is 22.7 Å². The van der Waals surface area contributed by atoms with Crippen molar-refractivity contribution in [1.82, 2.24) is 10.2 Å². The van der Waals surface area contributed by atoms with E-state index in [-0.39, 0.29) is 11.7 Å². The highest BCUT2D eigenvalue weighted by molar-refractivity contribution is 5.94. The van der Waals surface area contributed by atoms with Gasteiger partial charge in [-0.15, -0.1) is 0 Å². The monoisotopic (exact) mass is 302 g/mol. The molecule has 1 fully saturated rings. The summed E-state index contributed by atoms with van der Waals surface area (Å²) in [5.74, 6) is -0.402. The third kappa shape index (κ3) is 4.44. The maximum atomic E-state index is 12.4. The number of carbonyl (C=O) groups is 1. The van der Waals surface area contributed by atoms with E-state index in [0.29, 0.717) is 19.7 Å². The Bertz CT molecular complexity index is 488. The highest BCUT2D eigenvalue weighted by Crippen LogP contribution is 2.29. The van der Waals surface area contributed by atoms with Crippen LogP contribution in [0.5, 0.6) is 0 Å². The van der Waals surface area contributed by atoms with Gasteiger partial charge in [0, 0.05) is 25.2 Å². The minimum atomic E-state index is -4.39. The summed E-state index contributed by atoms with van der Waals surface area (Å²) in [4.78, 5) is 14.0. The van der Waals surface area contributed by atoms with E-state index in [1.165, 1.54) is 12.1 Å². The molecule has 1 aliphatic heterocycles. The highest BCUT2D eigenvalue weighted by atomic mass is 19.4. The maximum Gasteiger partial charge on any atom is 0.416 e. The maximum absolute atomic E-state index is 12.4. The topological polar surface area (TPSA) is 41.6 Å². The molecule has 1 aliphatic rings. The lowest BCUT2D eigenvalue weighted by Crippen LogP contribution is -2.45. The standard InChI is InChI=1S/C14H17F3N2O2/c1-19-6-7-21-12(9-19)8-18-13(20)10-2-4-11(5-3-10)14(15,16)17/h2-5,12H,6-9H2,1H3,(H,18,20). The lowest BCUT2D eigenvalue weighted by atomic mass is 10.1. The Morgan fingerprint density at radius 3 is 2.62 bits per heavy atom. The van der Waals surface area contributed by atoms with E-state index < -0.39 is 17.6 Å². The summed E-state index contributed by atoms with van der Waals surface area (Å²) in [5.41, 5.74) is -0.566. The van der Waals surface area contributed by atoms with Gasteiger partial charge in [0.05, 0.1) is 18.3 Å². The number of amides is 1. The number of hydrogen-bond acceptors (Lipinski definition) is 3. The fourth-order valence-corrected chi connectivity index (χ4v) is 2.11. The van der Waals surface area contributed by atoms with Gasteiger partial charge in [0.2, 0.25) is 0 Å². The van der Waals surface area contributed by atoms with Crippen LogP contribution in [0.1, 0.15) is 15.9 Å². The second kappa shape index (κ2) is 6.44. The Hall–Kier alpha value is -1.60. The van der Waals surface area contributed by atoms with Crippen molar-refractivity contribution in [3.05, 3.63) is 35.4 Å². The second-order valence-electron chi connectivity index (χ2n) is 5.04. The van der Waals surface area contributed by atoms with Crippen molar-refractivity contribution in [1.29, 1.82) is 0 Å². The van der Waals surface area contributed by atoms with Crippen molar-refractivity contribution in [2.24, 2.45) is 0 Å². The predicted octanol–water partition coefficient (Wildman–Crippen LogP) is 1.77. The minimum absolute atomic E-state index is 0.0952. The number of benzene rings is 1. The third-order valence-corrected chi connectivity index (χ3v) is 3.31. The third-order valence-electron chi connectivity index (χ3n) is 3.31. The van der Waals surface area contributed by atoms with Crippen LogP contribution in [-0.2, 0) is 10.9 Å². The zero-order valence-electron chi connectivity index (χ0n) is 11.6. The van der Waals surface area contributed by atoms with Gasteiger partial charge in [-0.1, -0.05) is 0 Å². The van der Waals surface area contributed by atoms with Crippen molar-refractivity contribution in [2.45, 2.75) is 12.3 Å². The summed E-state index contributed by atoms with van der Waals surface area (Å²) in [6.45, 7) is 2.51. The molecule has 0 aromatic heterocycles. The van der Waals surface area contributed by atoms with Crippen LogP contribution in [0.25, 0.3) is 0 Å². The molecule has 0 saturated carbocycles. The second-order valence-corrected chi connectivity index (χ2v) is 5.04. The van der Waals surface area contributed by atoms with E-state index in [2.05, 4.69) is 10.2 Å². The number of hydrogen-bond donors (Lipinski definition) is 1. The molecule has 1 unspecified atom stereocenters. The lowest BCUT2D eigenvalue weighted by Gasteiger charge is -2.30. The molecule has 0 radical (unpaired) electrons. The molecule has 7 heteroatoms. The summed E-state index contributed by atoms with van der Waals surface area (Å²) in [7, 11) is 1.97. The molecule has 2 rings (SSSR count). The molecule has 1 saturated heterocycles. The summed E-state index contributed by atoms with van der Waals surface area (Å²) < 4.78 is 42.8. The van der Waals surface area contributed by atoms with Gasteiger partial charge in [0.25, 0.3) is 5.91 Å². The van der Waals surface area contributed by atoms with Crippen LogP contribution in [0.3, 0.4) is 0 Å². The summed E-state index contributed by atoms with van der Waals surface area (Å²) in [6.07, 6.45) is -4.49. The van der Waals surface area contributed by atoms with E-state index in [1.807, 2.05) is 7.05 Å².